The van der Waals surface area contributed by atoms with Gasteiger partial charge in [-0.25, -0.2) is 15.0 Å². The zero-order chi connectivity index (χ0) is 24.7. The maximum Gasteiger partial charge on any atom is 0.284 e. The summed E-state index contributed by atoms with van der Waals surface area (Å²) in [6.45, 7) is 14.9. The second-order valence-electron chi connectivity index (χ2n) is 10.1. The number of rotatable bonds is 6. The van der Waals surface area contributed by atoms with E-state index in [4.69, 9.17) is 25.0 Å². The van der Waals surface area contributed by atoms with E-state index < -0.39 is 8.32 Å². The Hall–Kier alpha value is -3.46. The Morgan fingerprint density at radius 1 is 0.971 bits per heavy atom. The second kappa shape index (κ2) is 8.71. The molecule has 0 saturated heterocycles. The van der Waals surface area contributed by atoms with Crippen molar-refractivity contribution in [1.29, 1.82) is 0 Å². The van der Waals surface area contributed by atoms with Crippen LogP contribution in [-0.4, -0.2) is 39.1 Å². The predicted molar refractivity (Wildman–Crippen MR) is 138 cm³/mol. The molecule has 2 N–H and O–H groups in total. The van der Waals surface area contributed by atoms with Crippen LogP contribution < -0.4 is 15.0 Å². The molecule has 4 aromatic rings. The van der Waals surface area contributed by atoms with Crippen LogP contribution in [0.4, 0.5) is 5.82 Å². The lowest BCUT2D eigenvalue weighted by Crippen LogP contribution is -2.48. The first-order valence-corrected chi connectivity index (χ1v) is 14.3. The van der Waals surface area contributed by atoms with Gasteiger partial charge in [-0.05, 0) is 68.4 Å². The number of hydrogen-bond donors (Lipinski definition) is 1. The van der Waals surface area contributed by atoms with Crippen LogP contribution in [0.1, 0.15) is 34.6 Å². The van der Waals surface area contributed by atoms with E-state index in [0.29, 0.717) is 34.1 Å². The lowest BCUT2D eigenvalue weighted by molar-refractivity contribution is 0.241. The molecule has 0 aliphatic heterocycles. The molecular weight excluding hydrogens is 444 g/mol. The molecule has 4 rings (SSSR count). The molecule has 0 aliphatic carbocycles. The van der Waals surface area contributed by atoms with Crippen LogP contribution in [0.15, 0.2) is 48.8 Å². The standard InChI is InChI=1S/C25H32N6O2Si/c1-16(2)32-17-10-11-19(28-15-17)20-12-13-21-24(29-20)31(33-34(6,7)25(3,4)5)23(30-21)18-9-8-14-27-22(18)26/h8-16H,1-7H3,(H2,26,27). The Labute approximate surface area is 201 Å². The molecule has 0 radical (unpaired) electrons. The molecule has 9 heteroatoms. The van der Waals surface area contributed by atoms with Gasteiger partial charge in [0.1, 0.15) is 17.1 Å². The van der Waals surface area contributed by atoms with Gasteiger partial charge in [0.2, 0.25) is 0 Å². The minimum Gasteiger partial charge on any atom is -0.489 e. The highest BCUT2D eigenvalue weighted by Gasteiger charge is 2.41. The van der Waals surface area contributed by atoms with Crippen molar-refractivity contribution in [3.8, 4) is 28.5 Å². The van der Waals surface area contributed by atoms with Gasteiger partial charge < -0.3 is 15.0 Å². The minimum atomic E-state index is -2.24. The third-order valence-corrected chi connectivity index (χ3v) is 10.3. The molecular formula is C25H32N6O2Si. The maximum atomic E-state index is 6.72. The SMILES string of the molecule is CC(C)Oc1ccc(-c2ccc3nc(-c4cccnc4N)n(O[Si](C)(C)C(C)(C)C)c3n2)nc1. The fourth-order valence-electron chi connectivity index (χ4n) is 3.18. The van der Waals surface area contributed by atoms with E-state index in [1.54, 1.807) is 17.1 Å². The molecule has 0 amide bonds. The number of fused-ring (bicyclic) bond motifs is 1. The van der Waals surface area contributed by atoms with E-state index in [1.165, 1.54) is 0 Å². The van der Waals surface area contributed by atoms with Gasteiger partial charge in [-0.3, -0.25) is 4.98 Å². The maximum absolute atomic E-state index is 6.72. The number of pyridine rings is 3. The van der Waals surface area contributed by atoms with Crippen molar-refractivity contribution in [1.82, 2.24) is 24.7 Å². The zero-order valence-electron chi connectivity index (χ0n) is 20.8. The third kappa shape index (κ3) is 4.61. The lowest BCUT2D eigenvalue weighted by Gasteiger charge is -2.36. The summed E-state index contributed by atoms with van der Waals surface area (Å²) < 4.78 is 14.2. The molecule has 0 fully saturated rings. The van der Waals surface area contributed by atoms with Crippen LogP contribution in [0.5, 0.6) is 5.75 Å². The number of hydrogen-bond acceptors (Lipinski definition) is 7. The van der Waals surface area contributed by atoms with Gasteiger partial charge in [0.15, 0.2) is 11.5 Å². The summed E-state index contributed by atoms with van der Waals surface area (Å²) in [5.74, 6) is 1.70. The van der Waals surface area contributed by atoms with Crippen LogP contribution in [0.25, 0.3) is 33.9 Å². The van der Waals surface area contributed by atoms with E-state index in [1.807, 2.05) is 50.2 Å². The highest BCUT2D eigenvalue weighted by atomic mass is 28.4. The molecule has 4 heterocycles. The molecule has 0 bridgehead atoms. The monoisotopic (exact) mass is 476 g/mol. The van der Waals surface area contributed by atoms with Crippen LogP contribution in [-0.2, 0) is 0 Å². The Bertz CT molecular complexity index is 1310. The summed E-state index contributed by atoms with van der Waals surface area (Å²) >= 11 is 0. The fraction of sp³-hybridized carbons (Fsp3) is 0.360. The van der Waals surface area contributed by atoms with Crippen molar-refractivity contribution < 1.29 is 9.26 Å². The quantitative estimate of drug-likeness (QED) is 0.374. The van der Waals surface area contributed by atoms with E-state index in [0.717, 1.165) is 11.4 Å². The fourth-order valence-corrected chi connectivity index (χ4v) is 4.08. The number of nitrogen functional groups attached to an aromatic ring is 1. The van der Waals surface area contributed by atoms with Crippen LogP contribution in [0.2, 0.25) is 18.1 Å². The van der Waals surface area contributed by atoms with E-state index >= 15 is 0 Å². The molecule has 0 saturated carbocycles. The summed E-state index contributed by atoms with van der Waals surface area (Å²) in [7, 11) is -2.24. The number of anilines is 1. The minimum absolute atomic E-state index is 0.0211. The lowest BCUT2D eigenvalue weighted by atomic mass is 10.2. The number of nitrogens with two attached hydrogens (primary N) is 1. The molecule has 0 aromatic carbocycles. The number of aromatic nitrogens is 5. The molecule has 34 heavy (non-hydrogen) atoms. The second-order valence-corrected chi connectivity index (χ2v) is 14.8. The summed E-state index contributed by atoms with van der Waals surface area (Å²) in [6.07, 6.45) is 3.46. The highest BCUT2D eigenvalue weighted by molar-refractivity contribution is 6.74. The van der Waals surface area contributed by atoms with Crippen molar-refractivity contribution in [2.75, 3.05) is 5.73 Å². The first-order chi connectivity index (χ1) is 16.0. The van der Waals surface area contributed by atoms with Crippen LogP contribution in [0, 0.1) is 0 Å². The first kappa shape index (κ1) is 23.7. The average Bonchev–Trinajstić information content (AvgIpc) is 3.10. The van der Waals surface area contributed by atoms with Gasteiger partial charge in [-0.2, -0.15) is 4.73 Å². The topological polar surface area (TPSA) is 101 Å². The molecule has 0 spiro atoms. The molecule has 0 atom stereocenters. The summed E-state index contributed by atoms with van der Waals surface area (Å²) in [6, 6.07) is 11.4. The smallest absolute Gasteiger partial charge is 0.284 e. The molecule has 4 aromatic heterocycles. The van der Waals surface area contributed by atoms with Gasteiger partial charge in [0.25, 0.3) is 8.32 Å². The third-order valence-electron chi connectivity index (χ3n) is 6.04. The Balaban J connectivity index is 1.86. The number of nitrogens with zero attached hydrogens (tertiary/aromatic N) is 5. The van der Waals surface area contributed by atoms with Crippen molar-refractivity contribution in [3.63, 3.8) is 0 Å². The van der Waals surface area contributed by atoms with Gasteiger partial charge >= 0.3 is 0 Å². The number of ether oxygens (including phenoxy) is 1. The van der Waals surface area contributed by atoms with Crippen molar-refractivity contribution in [2.45, 2.75) is 58.9 Å². The largest absolute Gasteiger partial charge is 0.489 e. The van der Waals surface area contributed by atoms with Crippen molar-refractivity contribution >= 4 is 25.3 Å². The van der Waals surface area contributed by atoms with Crippen LogP contribution >= 0.6 is 0 Å². The first-order valence-electron chi connectivity index (χ1n) is 11.4. The highest BCUT2D eigenvalue weighted by Crippen LogP contribution is 2.37. The van der Waals surface area contributed by atoms with Gasteiger partial charge in [-0.15, -0.1) is 0 Å². The van der Waals surface area contributed by atoms with Crippen molar-refractivity contribution in [2.24, 2.45) is 0 Å². The molecule has 0 aliphatic rings. The van der Waals surface area contributed by atoms with E-state index in [9.17, 15) is 0 Å². The Kier molecular flexibility index (Phi) is 6.07. The molecule has 0 unspecified atom stereocenters. The van der Waals surface area contributed by atoms with Crippen LogP contribution in [0.3, 0.4) is 0 Å². The molecule has 8 nitrogen and oxygen atoms in total. The van der Waals surface area contributed by atoms with E-state index in [2.05, 4.69) is 43.8 Å². The van der Waals surface area contributed by atoms with Gasteiger partial charge in [-0.1, -0.05) is 20.8 Å². The molecule has 178 valence electrons. The average molecular weight is 477 g/mol. The summed E-state index contributed by atoms with van der Waals surface area (Å²) in [4.78, 5) is 18.5. The summed E-state index contributed by atoms with van der Waals surface area (Å²) in [5, 5.41) is -0.0211. The normalized spacial score (nSPS) is 12.4. The van der Waals surface area contributed by atoms with E-state index in [-0.39, 0.29) is 11.1 Å². The summed E-state index contributed by atoms with van der Waals surface area (Å²) in [5.41, 5.74) is 9.69. The van der Waals surface area contributed by atoms with Gasteiger partial charge in [0, 0.05) is 6.20 Å². The Morgan fingerprint density at radius 3 is 2.32 bits per heavy atom. The predicted octanol–water partition coefficient (Wildman–Crippen LogP) is 5.36. The van der Waals surface area contributed by atoms with Crippen molar-refractivity contribution in [3.05, 3.63) is 48.8 Å². The van der Waals surface area contributed by atoms with Gasteiger partial charge in [0.05, 0.1) is 29.3 Å². The number of imidazole rings is 1. The Morgan fingerprint density at radius 2 is 1.71 bits per heavy atom. The zero-order valence-corrected chi connectivity index (χ0v) is 21.8.